The molecule has 2 atom stereocenters. The van der Waals surface area contributed by atoms with Gasteiger partial charge in [-0.05, 0) is 60.9 Å². The van der Waals surface area contributed by atoms with E-state index in [2.05, 4.69) is 0 Å². The lowest BCUT2D eigenvalue weighted by atomic mass is 9.88. The molecule has 226 valence electrons. The standard InChI is InChI=1S/C26H25F9N2O4/c1-4-41-23(39)37-19(13-40-3)11-22(20-10-16(24(27,28)29)5-6-21(20)37)36(14(2)38)12-15-7-17(25(30,31)32)9-18(8-15)26(33,34)35/h5-10,19,22H,4,11-13H2,1-3H3/t19-,22-/m1/s1. The fourth-order valence-electron chi connectivity index (χ4n) is 4.72. The molecule has 6 nitrogen and oxygen atoms in total. The third kappa shape index (κ3) is 7.24. The van der Waals surface area contributed by atoms with Gasteiger partial charge in [-0.1, -0.05) is 0 Å². The van der Waals surface area contributed by atoms with Crippen molar-refractivity contribution in [2.45, 2.75) is 57.4 Å². The number of rotatable bonds is 6. The van der Waals surface area contributed by atoms with E-state index < -0.39 is 71.4 Å². The molecule has 1 aliphatic rings. The highest BCUT2D eigenvalue weighted by atomic mass is 19.4. The first-order valence-corrected chi connectivity index (χ1v) is 12.1. The number of alkyl halides is 9. The van der Waals surface area contributed by atoms with E-state index in [-0.39, 0.29) is 37.0 Å². The van der Waals surface area contributed by atoms with Crippen LogP contribution in [0.5, 0.6) is 0 Å². The van der Waals surface area contributed by atoms with E-state index in [9.17, 15) is 49.1 Å². The van der Waals surface area contributed by atoms with Gasteiger partial charge in [0.25, 0.3) is 0 Å². The molecule has 0 aromatic heterocycles. The minimum atomic E-state index is -5.15. The summed E-state index contributed by atoms with van der Waals surface area (Å²) in [6.45, 7) is 1.43. The van der Waals surface area contributed by atoms with Crippen molar-refractivity contribution in [3.05, 3.63) is 64.2 Å². The van der Waals surface area contributed by atoms with Crippen molar-refractivity contribution < 1.29 is 58.6 Å². The summed E-state index contributed by atoms with van der Waals surface area (Å²) < 4.78 is 132. The number of carbonyl (C=O) groups is 2. The first-order chi connectivity index (χ1) is 18.9. The number of fused-ring (bicyclic) bond motifs is 1. The summed E-state index contributed by atoms with van der Waals surface area (Å²) in [4.78, 5) is 27.6. The normalized spacial score (nSPS) is 17.7. The fourth-order valence-corrected chi connectivity index (χ4v) is 4.72. The van der Waals surface area contributed by atoms with E-state index in [0.29, 0.717) is 24.3 Å². The van der Waals surface area contributed by atoms with Crippen LogP contribution in [-0.2, 0) is 39.3 Å². The van der Waals surface area contributed by atoms with E-state index in [1.807, 2.05) is 0 Å². The summed E-state index contributed by atoms with van der Waals surface area (Å²) in [5.41, 5.74) is -5.19. The van der Waals surface area contributed by atoms with Gasteiger partial charge < -0.3 is 14.4 Å². The van der Waals surface area contributed by atoms with E-state index in [0.717, 1.165) is 22.8 Å². The van der Waals surface area contributed by atoms with Crippen molar-refractivity contribution in [1.29, 1.82) is 0 Å². The van der Waals surface area contributed by atoms with E-state index in [1.54, 1.807) is 0 Å². The zero-order valence-electron chi connectivity index (χ0n) is 21.9. The molecule has 1 aliphatic heterocycles. The number of carbonyl (C=O) groups excluding carboxylic acids is 2. The first kappa shape index (κ1) is 32.0. The number of benzene rings is 2. The molecule has 15 heteroatoms. The zero-order chi connectivity index (χ0) is 30.9. The Morgan fingerprint density at radius 3 is 1.93 bits per heavy atom. The number of methoxy groups -OCH3 is 1. The van der Waals surface area contributed by atoms with E-state index in [1.165, 1.54) is 14.0 Å². The summed E-state index contributed by atoms with van der Waals surface area (Å²) in [7, 11) is 1.28. The molecule has 1 heterocycles. The van der Waals surface area contributed by atoms with Crippen LogP contribution in [0.25, 0.3) is 0 Å². The quantitative estimate of drug-likeness (QED) is 0.329. The predicted octanol–water partition coefficient (Wildman–Crippen LogP) is 7.21. The molecular weight excluding hydrogens is 575 g/mol. The fraction of sp³-hybridized carbons (Fsp3) is 0.462. The Morgan fingerprint density at radius 2 is 1.46 bits per heavy atom. The van der Waals surface area contributed by atoms with Crippen LogP contribution in [0.2, 0.25) is 0 Å². The number of amides is 2. The maximum absolute atomic E-state index is 13.7. The number of nitrogens with zero attached hydrogens (tertiary/aromatic N) is 2. The van der Waals surface area contributed by atoms with Crippen LogP contribution in [0, 0.1) is 0 Å². The molecule has 3 rings (SSSR count). The summed E-state index contributed by atoms with van der Waals surface area (Å²) in [6.07, 6.45) is -16.3. The monoisotopic (exact) mass is 600 g/mol. The van der Waals surface area contributed by atoms with Crippen LogP contribution in [0.15, 0.2) is 36.4 Å². The molecule has 2 aromatic rings. The molecule has 0 spiro atoms. The second kappa shape index (κ2) is 11.8. The Bertz CT molecular complexity index is 1240. The van der Waals surface area contributed by atoms with Crippen molar-refractivity contribution in [2.75, 3.05) is 25.2 Å². The molecule has 0 saturated carbocycles. The molecule has 0 N–H and O–H groups in total. The Hall–Kier alpha value is -3.49. The largest absolute Gasteiger partial charge is 0.449 e. The molecule has 0 unspecified atom stereocenters. The number of ether oxygens (including phenoxy) is 2. The molecule has 2 amide bonds. The third-order valence-electron chi connectivity index (χ3n) is 6.44. The smallest absolute Gasteiger partial charge is 0.416 e. The highest BCUT2D eigenvalue weighted by molar-refractivity contribution is 5.90. The molecular formula is C26H25F9N2O4. The number of halogens is 9. The van der Waals surface area contributed by atoms with Crippen LogP contribution in [0.3, 0.4) is 0 Å². The SMILES string of the molecule is CCOC(=O)N1c2ccc(C(F)(F)F)cc2[C@H](N(Cc2cc(C(F)(F)F)cc(C(F)(F)F)c2)C(C)=O)C[C@@H]1COC. The summed E-state index contributed by atoms with van der Waals surface area (Å²) in [5, 5.41) is 0. The second-order valence-corrected chi connectivity index (χ2v) is 9.26. The van der Waals surface area contributed by atoms with Crippen LogP contribution >= 0.6 is 0 Å². The maximum Gasteiger partial charge on any atom is 0.416 e. The average molecular weight is 600 g/mol. The van der Waals surface area contributed by atoms with Gasteiger partial charge in [-0.25, -0.2) is 4.79 Å². The minimum absolute atomic E-state index is 0.0705. The Balaban J connectivity index is 2.21. The van der Waals surface area contributed by atoms with Crippen LogP contribution in [-0.4, -0.2) is 43.3 Å². The van der Waals surface area contributed by atoms with Gasteiger partial charge in [0.15, 0.2) is 0 Å². The summed E-state index contributed by atoms with van der Waals surface area (Å²) in [6, 6.07) is 1.00. The van der Waals surface area contributed by atoms with Gasteiger partial charge in [0.05, 0.1) is 47.7 Å². The lowest BCUT2D eigenvalue weighted by molar-refractivity contribution is -0.143. The molecule has 0 saturated heterocycles. The number of hydrogen-bond acceptors (Lipinski definition) is 4. The zero-order valence-corrected chi connectivity index (χ0v) is 21.9. The lowest BCUT2D eigenvalue weighted by Crippen LogP contribution is -2.50. The number of hydrogen-bond donors (Lipinski definition) is 0. The second-order valence-electron chi connectivity index (χ2n) is 9.26. The molecule has 0 fully saturated rings. The van der Waals surface area contributed by atoms with Gasteiger partial charge in [0.2, 0.25) is 5.91 Å². The van der Waals surface area contributed by atoms with E-state index >= 15 is 0 Å². The minimum Gasteiger partial charge on any atom is -0.449 e. The van der Waals surface area contributed by atoms with Gasteiger partial charge in [-0.2, -0.15) is 39.5 Å². The Labute approximate surface area is 228 Å². The highest BCUT2D eigenvalue weighted by Crippen LogP contribution is 2.45. The average Bonchev–Trinajstić information content (AvgIpc) is 2.85. The van der Waals surface area contributed by atoms with E-state index in [4.69, 9.17) is 9.47 Å². The van der Waals surface area contributed by atoms with Crippen molar-refractivity contribution >= 4 is 17.7 Å². The Morgan fingerprint density at radius 1 is 0.902 bits per heavy atom. The molecule has 2 aromatic carbocycles. The number of anilines is 1. The molecule has 0 bridgehead atoms. The van der Waals surface area contributed by atoms with Crippen molar-refractivity contribution in [3.63, 3.8) is 0 Å². The summed E-state index contributed by atoms with van der Waals surface area (Å²) in [5.74, 6) is -0.843. The topological polar surface area (TPSA) is 59.1 Å². The lowest BCUT2D eigenvalue weighted by Gasteiger charge is -2.44. The van der Waals surface area contributed by atoms with Gasteiger partial charge >= 0.3 is 24.6 Å². The van der Waals surface area contributed by atoms with Gasteiger partial charge in [0.1, 0.15) is 0 Å². The first-order valence-electron chi connectivity index (χ1n) is 12.1. The van der Waals surface area contributed by atoms with Crippen molar-refractivity contribution in [2.24, 2.45) is 0 Å². The van der Waals surface area contributed by atoms with Crippen molar-refractivity contribution in [3.8, 4) is 0 Å². The highest BCUT2D eigenvalue weighted by Gasteiger charge is 2.43. The van der Waals surface area contributed by atoms with Crippen LogP contribution in [0.4, 0.5) is 50.0 Å². The molecule has 41 heavy (non-hydrogen) atoms. The molecule has 0 radical (unpaired) electrons. The van der Waals surface area contributed by atoms with Crippen LogP contribution < -0.4 is 4.90 Å². The maximum atomic E-state index is 13.7. The molecule has 0 aliphatic carbocycles. The van der Waals surface area contributed by atoms with Crippen molar-refractivity contribution in [1.82, 2.24) is 4.90 Å². The van der Waals surface area contributed by atoms with Gasteiger partial charge in [-0.15, -0.1) is 0 Å². The summed E-state index contributed by atoms with van der Waals surface area (Å²) >= 11 is 0. The third-order valence-corrected chi connectivity index (χ3v) is 6.44. The van der Waals surface area contributed by atoms with Gasteiger partial charge in [-0.3, -0.25) is 9.69 Å². The van der Waals surface area contributed by atoms with Crippen LogP contribution in [0.1, 0.15) is 54.1 Å². The van der Waals surface area contributed by atoms with Gasteiger partial charge in [0, 0.05) is 20.6 Å². The predicted molar refractivity (Wildman–Crippen MR) is 127 cm³/mol. The Kier molecular flexibility index (Phi) is 9.20.